The van der Waals surface area contributed by atoms with Gasteiger partial charge in [-0.25, -0.2) is 0 Å². The zero-order valence-electron chi connectivity index (χ0n) is 21.4. The third-order valence-electron chi connectivity index (χ3n) is 4.15. The minimum absolute atomic E-state index is 0. The summed E-state index contributed by atoms with van der Waals surface area (Å²) in [4.78, 5) is -1.72. The maximum Gasteiger partial charge on any atom is 1.00 e. The average Bonchev–Trinajstić information content (AvgIpc) is 2.67. The molecular formula is C18H18Na3O9PS3. The van der Waals surface area contributed by atoms with Gasteiger partial charge >= 0.3 is 88.7 Å². The van der Waals surface area contributed by atoms with E-state index in [2.05, 4.69) is 0 Å². The molecule has 3 aromatic rings. The monoisotopic (exact) mass is 574 g/mol. The van der Waals surface area contributed by atoms with Crippen molar-refractivity contribution in [2.24, 2.45) is 0 Å². The van der Waals surface area contributed by atoms with Gasteiger partial charge in [-0.3, -0.25) is 13.7 Å². The Morgan fingerprint density at radius 1 is 0.471 bits per heavy atom. The van der Waals surface area contributed by atoms with E-state index in [-0.39, 0.29) is 109 Å². The van der Waals surface area contributed by atoms with Gasteiger partial charge in [-0.2, -0.15) is 25.3 Å². The molecular weight excluding hydrogens is 556 g/mol. The fourth-order valence-electron chi connectivity index (χ4n) is 2.97. The smallest absolute Gasteiger partial charge is 1.00 e. The maximum absolute atomic E-state index is 12.0. The Morgan fingerprint density at radius 3 is 0.882 bits per heavy atom. The summed E-state index contributed by atoms with van der Waals surface area (Å²) >= 11 is 0. The second kappa shape index (κ2) is 13.6. The van der Waals surface area contributed by atoms with Crippen molar-refractivity contribution in [2.75, 3.05) is 0 Å². The van der Waals surface area contributed by atoms with Gasteiger partial charge in [-0.15, -0.1) is 0 Å². The maximum atomic E-state index is 12.0. The fourth-order valence-corrected chi connectivity index (χ4v) is 8.95. The van der Waals surface area contributed by atoms with Gasteiger partial charge in [0.25, 0.3) is 30.4 Å². The van der Waals surface area contributed by atoms with Crippen molar-refractivity contribution in [3.63, 3.8) is 0 Å². The molecule has 0 saturated carbocycles. The zero-order valence-corrected chi connectivity index (χ0v) is 27.7. The molecule has 0 aliphatic heterocycles. The largest absolute Gasteiger partial charge is 1.00 e. The van der Waals surface area contributed by atoms with Gasteiger partial charge in [-0.1, -0.05) is 54.6 Å². The second-order valence-corrected chi connectivity index (χ2v) is 12.4. The molecule has 0 bridgehead atoms. The van der Waals surface area contributed by atoms with E-state index in [4.69, 9.17) is 0 Å². The number of rotatable bonds is 6. The van der Waals surface area contributed by atoms with Crippen LogP contribution in [0.3, 0.4) is 0 Å². The normalized spacial score (nSPS) is 11.6. The van der Waals surface area contributed by atoms with E-state index in [0.717, 1.165) is 18.2 Å². The van der Waals surface area contributed by atoms with Crippen LogP contribution in [-0.2, 0) is 30.4 Å². The summed E-state index contributed by atoms with van der Waals surface area (Å²) in [7, 11) is -16.7. The van der Waals surface area contributed by atoms with Crippen molar-refractivity contribution >= 4 is 54.2 Å². The first-order chi connectivity index (χ1) is 14.3. The SMILES string of the molecule is O=S(=O)(O)c1ccccc1P(c1ccccc1S(=O)(=O)O)c1ccccc1S(=O)(=O)O.[H-].[H-].[H-].[Na+].[Na+].[Na+]. The molecule has 3 aromatic carbocycles. The molecule has 0 heterocycles. The van der Waals surface area contributed by atoms with E-state index in [0.29, 0.717) is 0 Å². The van der Waals surface area contributed by atoms with Gasteiger partial charge in [0, 0.05) is 15.9 Å². The Morgan fingerprint density at radius 2 is 0.676 bits per heavy atom. The second-order valence-electron chi connectivity index (χ2n) is 6.16. The van der Waals surface area contributed by atoms with Gasteiger partial charge in [0.15, 0.2) is 0 Å². The van der Waals surface area contributed by atoms with E-state index in [1.165, 1.54) is 54.6 Å². The quantitative estimate of drug-likeness (QED) is 0.148. The Kier molecular flexibility index (Phi) is 13.9. The molecule has 34 heavy (non-hydrogen) atoms. The molecule has 0 unspecified atom stereocenters. The first-order valence-electron chi connectivity index (χ1n) is 8.31. The van der Waals surface area contributed by atoms with Crippen molar-refractivity contribution in [1.29, 1.82) is 0 Å². The van der Waals surface area contributed by atoms with Crippen molar-refractivity contribution < 1.29 is 132 Å². The van der Waals surface area contributed by atoms with Gasteiger partial charge < -0.3 is 4.28 Å². The molecule has 3 N–H and O–H groups in total. The summed E-state index contributed by atoms with van der Waals surface area (Å²) in [6, 6.07) is 15.3. The van der Waals surface area contributed by atoms with Crippen molar-refractivity contribution in [2.45, 2.75) is 14.7 Å². The summed E-state index contributed by atoms with van der Waals surface area (Å²) < 4.78 is 101. The fraction of sp³-hybridized carbons (Fsp3) is 0. The van der Waals surface area contributed by atoms with Gasteiger partial charge in [-0.05, 0) is 26.1 Å². The predicted molar refractivity (Wildman–Crippen MR) is 118 cm³/mol. The molecule has 0 atom stereocenters. The van der Waals surface area contributed by atoms with E-state index in [9.17, 15) is 38.9 Å². The minimum atomic E-state index is -4.80. The summed E-state index contributed by atoms with van der Waals surface area (Å²) in [6.07, 6.45) is 0. The van der Waals surface area contributed by atoms with Crippen molar-refractivity contribution in [3.8, 4) is 0 Å². The van der Waals surface area contributed by atoms with Crippen LogP contribution in [0, 0.1) is 0 Å². The molecule has 0 radical (unpaired) electrons. The topological polar surface area (TPSA) is 163 Å². The third-order valence-corrected chi connectivity index (χ3v) is 9.96. The van der Waals surface area contributed by atoms with E-state index in [1.54, 1.807) is 0 Å². The van der Waals surface area contributed by atoms with Gasteiger partial charge in [0.1, 0.15) is 14.7 Å². The van der Waals surface area contributed by atoms with Crippen LogP contribution in [0.4, 0.5) is 0 Å². The molecule has 0 fully saturated rings. The molecule has 9 nitrogen and oxygen atoms in total. The molecule has 3 rings (SSSR count). The molecule has 0 spiro atoms. The molecule has 0 aromatic heterocycles. The first-order valence-corrected chi connectivity index (χ1v) is 14.0. The molecule has 170 valence electrons. The van der Waals surface area contributed by atoms with Crippen LogP contribution in [0.5, 0.6) is 0 Å². The Bertz CT molecular complexity index is 1310. The van der Waals surface area contributed by atoms with Gasteiger partial charge in [0.2, 0.25) is 0 Å². The Balaban J connectivity index is -0.000000907. The average molecular weight is 574 g/mol. The van der Waals surface area contributed by atoms with Crippen LogP contribution in [0.15, 0.2) is 87.5 Å². The van der Waals surface area contributed by atoms with Crippen molar-refractivity contribution in [3.05, 3.63) is 72.8 Å². The van der Waals surface area contributed by atoms with E-state index in [1.807, 2.05) is 0 Å². The molecule has 0 aliphatic rings. The van der Waals surface area contributed by atoms with E-state index >= 15 is 0 Å². The van der Waals surface area contributed by atoms with Crippen LogP contribution >= 0.6 is 7.92 Å². The molecule has 0 aliphatic carbocycles. The third kappa shape index (κ3) is 8.16. The Hall–Kier alpha value is 0.820. The minimum Gasteiger partial charge on any atom is -1.00 e. The number of hydrogen-bond acceptors (Lipinski definition) is 6. The summed E-state index contributed by atoms with van der Waals surface area (Å²) in [6.45, 7) is 0. The predicted octanol–water partition coefficient (Wildman–Crippen LogP) is -7.47. The summed E-state index contributed by atoms with van der Waals surface area (Å²) in [5, 5.41) is -0.313. The van der Waals surface area contributed by atoms with Crippen LogP contribution < -0.4 is 105 Å². The molecule has 16 heteroatoms. The number of benzene rings is 3. The van der Waals surface area contributed by atoms with Gasteiger partial charge in [0.05, 0.1) is 0 Å². The molecule has 0 amide bonds. The number of hydrogen-bond donors (Lipinski definition) is 3. The summed E-state index contributed by atoms with van der Waals surface area (Å²) in [5.41, 5.74) is 0. The van der Waals surface area contributed by atoms with E-state index < -0.39 is 53.0 Å². The zero-order chi connectivity index (χ0) is 23.0. The van der Waals surface area contributed by atoms with Crippen LogP contribution in [0.1, 0.15) is 4.28 Å². The van der Waals surface area contributed by atoms with Crippen LogP contribution in [-0.4, -0.2) is 38.9 Å². The first kappa shape index (κ1) is 34.8. The Labute approximate surface area is 270 Å². The van der Waals surface area contributed by atoms with Crippen LogP contribution in [0.2, 0.25) is 0 Å². The van der Waals surface area contributed by atoms with Crippen LogP contribution in [0.25, 0.3) is 0 Å². The standard InChI is InChI=1S/C18H15O9PS3.3Na.3H/c19-29(20,21)16-10-4-1-7-13(16)28(14-8-2-5-11-17(14)30(22,23)24)15-9-3-6-12-18(15)31(25,26)27;;;;;;/h1-12H,(H,19,20,21)(H,22,23,24)(H,25,26,27);;;;;;/q;3*+1;3*-1. The molecule has 0 saturated heterocycles. The van der Waals surface area contributed by atoms with Crippen molar-refractivity contribution in [1.82, 2.24) is 0 Å². The summed E-state index contributed by atoms with van der Waals surface area (Å²) in [5.74, 6) is 0.